The molecule has 3 N–H and O–H groups in total. The molecule has 2 aliphatic carbocycles. The number of nitrogens with one attached hydrogen (secondary N) is 1. The highest BCUT2D eigenvalue weighted by atomic mass is 15.3. The Labute approximate surface area is 105 Å². The standard InChI is InChI=1S/C14H27N3/c1-14(10-6-3-7-11-14)13(17-15)16-12-8-4-2-5-9-12/h12H,2-11,15H2,1H3,(H,16,17). The Morgan fingerprint density at radius 1 is 1.06 bits per heavy atom. The monoisotopic (exact) mass is 237 g/mol. The number of hydrogen-bond acceptors (Lipinski definition) is 2. The highest BCUT2D eigenvalue weighted by Gasteiger charge is 2.32. The van der Waals surface area contributed by atoms with Crippen LogP contribution in [-0.4, -0.2) is 11.9 Å². The third-order valence-electron chi connectivity index (χ3n) is 4.55. The van der Waals surface area contributed by atoms with Gasteiger partial charge < -0.3 is 5.43 Å². The summed E-state index contributed by atoms with van der Waals surface area (Å²) >= 11 is 0. The fourth-order valence-electron chi connectivity index (χ4n) is 3.33. The molecule has 0 aromatic carbocycles. The predicted octanol–water partition coefficient (Wildman–Crippen LogP) is 3.15. The van der Waals surface area contributed by atoms with Crippen LogP contribution in [0.25, 0.3) is 0 Å². The molecule has 0 aliphatic heterocycles. The van der Waals surface area contributed by atoms with Crippen LogP contribution < -0.4 is 11.3 Å². The van der Waals surface area contributed by atoms with Gasteiger partial charge in [0.05, 0.1) is 6.04 Å². The topological polar surface area (TPSA) is 50.4 Å². The van der Waals surface area contributed by atoms with E-state index >= 15 is 0 Å². The third kappa shape index (κ3) is 3.21. The van der Waals surface area contributed by atoms with Crippen molar-refractivity contribution in [3.05, 3.63) is 0 Å². The largest absolute Gasteiger partial charge is 0.312 e. The van der Waals surface area contributed by atoms with Gasteiger partial charge in [-0.25, -0.2) is 5.84 Å². The van der Waals surface area contributed by atoms with Crippen LogP contribution in [0, 0.1) is 5.41 Å². The molecular formula is C14H27N3. The van der Waals surface area contributed by atoms with Crippen LogP contribution in [0.4, 0.5) is 0 Å². The minimum atomic E-state index is 0.213. The van der Waals surface area contributed by atoms with Crippen LogP contribution in [-0.2, 0) is 0 Å². The van der Waals surface area contributed by atoms with Crippen molar-refractivity contribution in [2.45, 2.75) is 77.2 Å². The second-order valence-electron chi connectivity index (χ2n) is 6.04. The van der Waals surface area contributed by atoms with Crippen LogP contribution >= 0.6 is 0 Å². The van der Waals surface area contributed by atoms with Gasteiger partial charge in [0.1, 0.15) is 5.84 Å². The van der Waals surface area contributed by atoms with Crippen molar-refractivity contribution < 1.29 is 0 Å². The third-order valence-corrected chi connectivity index (χ3v) is 4.55. The average molecular weight is 237 g/mol. The van der Waals surface area contributed by atoms with Gasteiger partial charge in [0, 0.05) is 5.41 Å². The van der Waals surface area contributed by atoms with Gasteiger partial charge in [0.15, 0.2) is 0 Å². The Hall–Kier alpha value is -0.570. The molecule has 0 amide bonds. The van der Waals surface area contributed by atoms with E-state index in [9.17, 15) is 0 Å². The van der Waals surface area contributed by atoms with Crippen LogP contribution in [0.1, 0.15) is 71.1 Å². The lowest BCUT2D eigenvalue weighted by atomic mass is 9.74. The molecule has 0 aromatic heterocycles. The molecule has 0 radical (unpaired) electrons. The molecule has 0 aromatic rings. The summed E-state index contributed by atoms with van der Waals surface area (Å²) < 4.78 is 0. The minimum absolute atomic E-state index is 0.213. The van der Waals surface area contributed by atoms with Gasteiger partial charge in [0.2, 0.25) is 0 Å². The van der Waals surface area contributed by atoms with Gasteiger partial charge in [-0.1, -0.05) is 45.4 Å². The summed E-state index contributed by atoms with van der Waals surface area (Å²) in [7, 11) is 0. The number of aliphatic imine (C=N–C) groups is 1. The fourth-order valence-corrected chi connectivity index (χ4v) is 3.33. The Kier molecular flexibility index (Phi) is 4.43. The van der Waals surface area contributed by atoms with Crippen molar-refractivity contribution in [3.63, 3.8) is 0 Å². The SMILES string of the molecule is CC1(C(=NC2CCCCC2)NN)CCCCC1. The first kappa shape index (κ1) is 12.9. The molecule has 0 atom stereocenters. The van der Waals surface area contributed by atoms with Crippen molar-refractivity contribution in [2.24, 2.45) is 16.3 Å². The number of amidine groups is 1. The summed E-state index contributed by atoms with van der Waals surface area (Å²) in [6.45, 7) is 2.33. The second kappa shape index (κ2) is 5.85. The van der Waals surface area contributed by atoms with Gasteiger partial charge in [0.25, 0.3) is 0 Å². The summed E-state index contributed by atoms with van der Waals surface area (Å²) in [6, 6.07) is 0.522. The highest BCUT2D eigenvalue weighted by Crippen LogP contribution is 2.37. The first-order chi connectivity index (χ1) is 8.24. The Morgan fingerprint density at radius 2 is 1.65 bits per heavy atom. The maximum Gasteiger partial charge on any atom is 0.117 e. The highest BCUT2D eigenvalue weighted by molar-refractivity contribution is 5.87. The zero-order valence-electron chi connectivity index (χ0n) is 11.2. The maximum absolute atomic E-state index is 5.73. The van der Waals surface area contributed by atoms with Crippen molar-refractivity contribution in [1.82, 2.24) is 5.43 Å². The van der Waals surface area contributed by atoms with Crippen LogP contribution in [0.2, 0.25) is 0 Å². The van der Waals surface area contributed by atoms with Gasteiger partial charge in [-0.2, -0.15) is 0 Å². The lowest BCUT2D eigenvalue weighted by Gasteiger charge is -2.35. The number of hydrazine groups is 1. The van der Waals surface area contributed by atoms with Crippen LogP contribution in [0.5, 0.6) is 0 Å². The predicted molar refractivity (Wildman–Crippen MR) is 72.8 cm³/mol. The molecule has 3 heteroatoms. The van der Waals surface area contributed by atoms with Crippen molar-refractivity contribution in [1.29, 1.82) is 0 Å². The van der Waals surface area contributed by atoms with Gasteiger partial charge in [-0.15, -0.1) is 0 Å². The average Bonchev–Trinajstić information content (AvgIpc) is 2.38. The first-order valence-corrected chi connectivity index (χ1v) is 7.29. The quantitative estimate of drug-likeness (QED) is 0.335. The van der Waals surface area contributed by atoms with Gasteiger partial charge >= 0.3 is 0 Å². The van der Waals surface area contributed by atoms with E-state index in [4.69, 9.17) is 10.8 Å². The molecule has 2 fully saturated rings. The molecule has 98 valence electrons. The molecule has 0 saturated heterocycles. The summed E-state index contributed by atoms with van der Waals surface area (Å²) in [5.41, 5.74) is 3.12. The zero-order valence-corrected chi connectivity index (χ0v) is 11.2. The molecule has 0 bridgehead atoms. The summed E-state index contributed by atoms with van der Waals surface area (Å²) in [6.07, 6.45) is 13.1. The Balaban J connectivity index is 2.05. The van der Waals surface area contributed by atoms with E-state index in [0.29, 0.717) is 6.04 Å². The number of hydrogen-bond donors (Lipinski definition) is 2. The lowest BCUT2D eigenvalue weighted by Crippen LogP contribution is -2.44. The molecule has 17 heavy (non-hydrogen) atoms. The van der Waals surface area contributed by atoms with Crippen molar-refractivity contribution >= 4 is 5.84 Å². The lowest BCUT2D eigenvalue weighted by molar-refractivity contribution is 0.301. The Bertz CT molecular complexity index is 261. The van der Waals surface area contributed by atoms with Crippen LogP contribution in [0.15, 0.2) is 4.99 Å². The van der Waals surface area contributed by atoms with E-state index in [1.165, 1.54) is 64.2 Å². The smallest absolute Gasteiger partial charge is 0.117 e. The second-order valence-corrected chi connectivity index (χ2v) is 6.04. The molecular weight excluding hydrogens is 210 g/mol. The van der Waals surface area contributed by atoms with E-state index in [2.05, 4.69) is 12.3 Å². The van der Waals surface area contributed by atoms with Gasteiger partial charge in [-0.3, -0.25) is 4.99 Å². The normalized spacial score (nSPS) is 26.8. The minimum Gasteiger partial charge on any atom is -0.312 e. The molecule has 2 saturated carbocycles. The number of rotatable bonds is 2. The zero-order chi connectivity index (χ0) is 12.1. The van der Waals surface area contributed by atoms with Gasteiger partial charge in [-0.05, 0) is 25.7 Å². The summed E-state index contributed by atoms with van der Waals surface area (Å²) in [4.78, 5) is 4.93. The number of nitrogens with zero attached hydrogens (tertiary/aromatic N) is 1. The summed E-state index contributed by atoms with van der Waals surface area (Å²) in [5, 5.41) is 0. The summed E-state index contributed by atoms with van der Waals surface area (Å²) in [5.74, 6) is 6.80. The number of nitrogens with two attached hydrogens (primary N) is 1. The van der Waals surface area contributed by atoms with Crippen molar-refractivity contribution in [3.8, 4) is 0 Å². The van der Waals surface area contributed by atoms with Crippen LogP contribution in [0.3, 0.4) is 0 Å². The molecule has 2 aliphatic rings. The maximum atomic E-state index is 5.73. The molecule has 2 rings (SSSR count). The first-order valence-electron chi connectivity index (χ1n) is 7.29. The van der Waals surface area contributed by atoms with E-state index in [0.717, 1.165) is 5.84 Å². The molecule has 3 nitrogen and oxygen atoms in total. The van der Waals surface area contributed by atoms with E-state index in [-0.39, 0.29) is 5.41 Å². The van der Waals surface area contributed by atoms with E-state index < -0.39 is 0 Å². The Morgan fingerprint density at radius 3 is 2.24 bits per heavy atom. The van der Waals surface area contributed by atoms with Crippen molar-refractivity contribution in [2.75, 3.05) is 0 Å². The fraction of sp³-hybridized carbons (Fsp3) is 0.929. The molecule has 0 spiro atoms. The molecule has 0 heterocycles. The van der Waals surface area contributed by atoms with E-state index in [1.807, 2.05) is 0 Å². The molecule has 0 unspecified atom stereocenters. The van der Waals surface area contributed by atoms with E-state index in [1.54, 1.807) is 0 Å².